The van der Waals surface area contributed by atoms with Gasteiger partial charge >= 0.3 is 0 Å². The van der Waals surface area contributed by atoms with Crippen molar-refractivity contribution in [1.29, 1.82) is 0 Å². The van der Waals surface area contributed by atoms with Gasteiger partial charge in [-0.25, -0.2) is 8.78 Å². The van der Waals surface area contributed by atoms with Gasteiger partial charge in [0.15, 0.2) is 0 Å². The summed E-state index contributed by atoms with van der Waals surface area (Å²) in [5.74, 6) is -0.748. The fourth-order valence-electron chi connectivity index (χ4n) is 2.76. The number of halogens is 3. The molecule has 0 amide bonds. The zero-order valence-electron chi connectivity index (χ0n) is 10.5. The second-order valence-electron chi connectivity index (χ2n) is 5.17. The number of hydrogen-bond donors (Lipinski definition) is 0. The average molecular weight is 273 g/mol. The van der Waals surface area contributed by atoms with Crippen LogP contribution in [0.1, 0.15) is 55.9 Å². The third-order valence-corrected chi connectivity index (χ3v) is 4.41. The Morgan fingerprint density at radius 1 is 1.00 bits per heavy atom. The lowest BCUT2D eigenvalue weighted by atomic mass is 9.86. The summed E-state index contributed by atoms with van der Waals surface area (Å²) in [5, 5.41) is -0.330. The first-order valence-electron chi connectivity index (χ1n) is 6.77. The molecule has 1 atom stereocenters. The standard InChI is InChI=1S/C15H19ClF2/c16-15(11-6-4-2-1-3-5-7-11)13-9-8-12(17)10-14(13)18/h8-11,15H,1-7H2. The molecule has 1 saturated carbocycles. The molecule has 18 heavy (non-hydrogen) atoms. The van der Waals surface area contributed by atoms with Crippen LogP contribution in [0.25, 0.3) is 0 Å². The van der Waals surface area contributed by atoms with Gasteiger partial charge in [0.2, 0.25) is 0 Å². The van der Waals surface area contributed by atoms with E-state index >= 15 is 0 Å². The summed E-state index contributed by atoms with van der Waals surface area (Å²) >= 11 is 6.41. The molecule has 1 aliphatic carbocycles. The van der Waals surface area contributed by atoms with E-state index in [2.05, 4.69) is 0 Å². The second kappa shape index (κ2) is 6.51. The largest absolute Gasteiger partial charge is 0.207 e. The van der Waals surface area contributed by atoms with Crippen molar-refractivity contribution in [2.75, 3.05) is 0 Å². The topological polar surface area (TPSA) is 0 Å². The molecular weight excluding hydrogens is 254 g/mol. The van der Waals surface area contributed by atoms with Crippen molar-refractivity contribution in [1.82, 2.24) is 0 Å². The van der Waals surface area contributed by atoms with E-state index in [1.807, 2.05) is 0 Å². The van der Waals surface area contributed by atoms with Crippen LogP contribution in [0, 0.1) is 17.6 Å². The highest BCUT2D eigenvalue weighted by atomic mass is 35.5. The van der Waals surface area contributed by atoms with Crippen molar-refractivity contribution < 1.29 is 8.78 Å². The number of alkyl halides is 1. The molecule has 0 saturated heterocycles. The third-order valence-electron chi connectivity index (χ3n) is 3.82. The van der Waals surface area contributed by atoms with Gasteiger partial charge < -0.3 is 0 Å². The Balaban J connectivity index is 2.10. The molecule has 1 unspecified atom stereocenters. The van der Waals surface area contributed by atoms with Crippen molar-refractivity contribution in [3.63, 3.8) is 0 Å². The number of benzene rings is 1. The number of rotatable bonds is 2. The summed E-state index contributed by atoms with van der Waals surface area (Å²) < 4.78 is 26.6. The van der Waals surface area contributed by atoms with Gasteiger partial charge in [-0.05, 0) is 24.8 Å². The third kappa shape index (κ3) is 3.44. The highest BCUT2D eigenvalue weighted by Crippen LogP contribution is 2.38. The zero-order chi connectivity index (χ0) is 13.0. The molecule has 1 aromatic rings. The molecule has 0 aliphatic heterocycles. The van der Waals surface area contributed by atoms with Crippen molar-refractivity contribution in [3.05, 3.63) is 35.4 Å². The van der Waals surface area contributed by atoms with Crippen molar-refractivity contribution in [2.24, 2.45) is 5.92 Å². The van der Waals surface area contributed by atoms with Crippen LogP contribution in [0.4, 0.5) is 8.78 Å². The lowest BCUT2D eigenvalue weighted by Gasteiger charge is -2.24. The maximum absolute atomic E-state index is 13.7. The first-order valence-corrected chi connectivity index (χ1v) is 7.21. The van der Waals surface area contributed by atoms with E-state index in [0.717, 1.165) is 31.7 Å². The van der Waals surface area contributed by atoms with E-state index in [4.69, 9.17) is 11.6 Å². The molecule has 0 N–H and O–H groups in total. The molecule has 1 aromatic carbocycles. The van der Waals surface area contributed by atoms with E-state index in [0.29, 0.717) is 11.5 Å². The predicted molar refractivity (Wildman–Crippen MR) is 70.8 cm³/mol. The van der Waals surface area contributed by atoms with Gasteiger partial charge in [-0.2, -0.15) is 0 Å². The van der Waals surface area contributed by atoms with E-state index in [9.17, 15) is 8.78 Å². The Labute approximate surface area is 112 Å². The summed E-state index contributed by atoms with van der Waals surface area (Å²) in [5.41, 5.74) is 0.448. The lowest BCUT2D eigenvalue weighted by molar-refractivity contribution is 0.364. The smallest absolute Gasteiger partial charge is 0.130 e. The molecule has 0 nitrogen and oxygen atoms in total. The zero-order valence-corrected chi connectivity index (χ0v) is 11.2. The Hall–Kier alpha value is -0.630. The highest BCUT2D eigenvalue weighted by Gasteiger charge is 2.24. The normalized spacial score (nSPS) is 20.2. The molecule has 0 bridgehead atoms. The fourth-order valence-corrected chi connectivity index (χ4v) is 3.19. The summed E-state index contributed by atoms with van der Waals surface area (Å²) in [6.45, 7) is 0. The minimum absolute atomic E-state index is 0.312. The molecule has 0 heterocycles. The highest BCUT2D eigenvalue weighted by molar-refractivity contribution is 6.21. The van der Waals surface area contributed by atoms with E-state index in [1.54, 1.807) is 0 Å². The Morgan fingerprint density at radius 3 is 2.22 bits per heavy atom. The van der Waals surface area contributed by atoms with Crippen LogP contribution in [-0.2, 0) is 0 Å². The SMILES string of the molecule is Fc1ccc(C(Cl)C2CCCCCCC2)c(F)c1. The van der Waals surface area contributed by atoms with E-state index < -0.39 is 11.6 Å². The van der Waals surface area contributed by atoms with Crippen LogP contribution in [0.2, 0.25) is 0 Å². The van der Waals surface area contributed by atoms with Gasteiger partial charge in [0.25, 0.3) is 0 Å². The van der Waals surface area contributed by atoms with Gasteiger partial charge in [0.1, 0.15) is 11.6 Å². The Kier molecular flexibility index (Phi) is 4.99. The molecule has 0 aromatic heterocycles. The van der Waals surface area contributed by atoms with Gasteiger partial charge in [-0.15, -0.1) is 11.6 Å². The van der Waals surface area contributed by atoms with Crippen LogP contribution in [-0.4, -0.2) is 0 Å². The van der Waals surface area contributed by atoms with Gasteiger partial charge in [0, 0.05) is 11.6 Å². The van der Waals surface area contributed by atoms with Crippen LogP contribution in [0.5, 0.6) is 0 Å². The minimum atomic E-state index is -0.544. The first-order chi connectivity index (χ1) is 8.68. The lowest BCUT2D eigenvalue weighted by Crippen LogP contribution is -2.11. The molecule has 100 valence electrons. The van der Waals surface area contributed by atoms with Gasteiger partial charge in [-0.1, -0.05) is 38.2 Å². The average Bonchev–Trinajstić information content (AvgIpc) is 2.27. The van der Waals surface area contributed by atoms with Gasteiger partial charge in [-0.3, -0.25) is 0 Å². The van der Waals surface area contributed by atoms with E-state index in [-0.39, 0.29) is 5.38 Å². The van der Waals surface area contributed by atoms with Crippen LogP contribution < -0.4 is 0 Å². The molecule has 0 radical (unpaired) electrons. The quantitative estimate of drug-likeness (QED) is 0.614. The summed E-state index contributed by atoms with van der Waals surface area (Å²) in [4.78, 5) is 0. The number of hydrogen-bond acceptors (Lipinski definition) is 0. The maximum Gasteiger partial charge on any atom is 0.130 e. The van der Waals surface area contributed by atoms with Crippen molar-refractivity contribution in [3.8, 4) is 0 Å². The summed E-state index contributed by atoms with van der Waals surface area (Å²) in [6, 6.07) is 3.70. The van der Waals surface area contributed by atoms with Crippen LogP contribution in [0.3, 0.4) is 0 Å². The Bertz CT molecular complexity index is 384. The maximum atomic E-state index is 13.7. The minimum Gasteiger partial charge on any atom is -0.207 e. The van der Waals surface area contributed by atoms with Gasteiger partial charge in [0.05, 0.1) is 5.38 Å². The predicted octanol–water partition coefficient (Wildman–Crippen LogP) is 5.61. The molecule has 1 aliphatic rings. The van der Waals surface area contributed by atoms with Crippen LogP contribution >= 0.6 is 11.6 Å². The molecule has 0 spiro atoms. The first kappa shape index (κ1) is 13.8. The second-order valence-corrected chi connectivity index (χ2v) is 5.64. The Morgan fingerprint density at radius 2 is 1.61 bits per heavy atom. The monoisotopic (exact) mass is 272 g/mol. The van der Waals surface area contributed by atoms with Crippen LogP contribution in [0.15, 0.2) is 18.2 Å². The van der Waals surface area contributed by atoms with Crippen molar-refractivity contribution in [2.45, 2.75) is 50.3 Å². The molecule has 1 fully saturated rings. The molecule has 3 heteroatoms. The summed E-state index contributed by atoms with van der Waals surface area (Å²) in [7, 11) is 0. The van der Waals surface area contributed by atoms with E-state index in [1.165, 1.54) is 31.4 Å². The molecular formula is C15H19ClF2. The molecule has 2 rings (SSSR count). The fraction of sp³-hybridized carbons (Fsp3) is 0.600. The van der Waals surface area contributed by atoms with Crippen molar-refractivity contribution >= 4 is 11.6 Å². The summed E-state index contributed by atoms with van der Waals surface area (Å²) in [6.07, 6.45) is 8.20.